The zero-order valence-electron chi connectivity index (χ0n) is 10.8. The molecule has 1 aromatic carbocycles. The number of carbonyl (C=O) groups excluding carboxylic acids is 1. The monoisotopic (exact) mass is 249 g/mol. The van der Waals surface area contributed by atoms with Gasteiger partial charge in [-0.15, -0.1) is 0 Å². The van der Waals surface area contributed by atoms with Crippen molar-refractivity contribution in [2.75, 3.05) is 0 Å². The maximum Gasteiger partial charge on any atom is 0.251 e. The van der Waals surface area contributed by atoms with Crippen LogP contribution >= 0.6 is 0 Å². The fraction of sp³-hybridized carbons (Fsp3) is 0.385. The Kier molecular flexibility index (Phi) is 4.71. The van der Waals surface area contributed by atoms with E-state index in [1.54, 1.807) is 24.3 Å². The van der Waals surface area contributed by atoms with E-state index in [9.17, 15) is 4.79 Å². The number of nitrogens with zero attached hydrogens (tertiary/aromatic N) is 1. The van der Waals surface area contributed by atoms with E-state index < -0.39 is 0 Å². The molecule has 98 valence electrons. The summed E-state index contributed by atoms with van der Waals surface area (Å²) in [6, 6.07) is 6.75. The zero-order chi connectivity index (χ0) is 13.7. The molecule has 0 aliphatic heterocycles. The van der Waals surface area contributed by atoms with Gasteiger partial charge < -0.3 is 16.3 Å². The molecule has 0 fully saturated rings. The molecule has 0 bridgehead atoms. The quantitative estimate of drug-likeness (QED) is 0.327. The predicted molar refractivity (Wildman–Crippen MR) is 70.7 cm³/mol. The third-order valence-corrected chi connectivity index (χ3v) is 2.89. The average molecular weight is 249 g/mol. The summed E-state index contributed by atoms with van der Waals surface area (Å²) in [4.78, 5) is 12.0. The number of amides is 1. The van der Waals surface area contributed by atoms with Crippen LogP contribution in [0.15, 0.2) is 29.4 Å². The fourth-order valence-electron chi connectivity index (χ4n) is 1.33. The molecule has 5 heteroatoms. The van der Waals surface area contributed by atoms with Gasteiger partial charge in [0.15, 0.2) is 5.84 Å². The van der Waals surface area contributed by atoms with Crippen LogP contribution < -0.4 is 11.1 Å². The summed E-state index contributed by atoms with van der Waals surface area (Å²) in [6.07, 6.45) is 0. The van der Waals surface area contributed by atoms with E-state index in [-0.39, 0.29) is 17.8 Å². The first kappa shape index (κ1) is 14.0. The molecule has 0 aliphatic rings. The van der Waals surface area contributed by atoms with E-state index in [4.69, 9.17) is 10.9 Å². The highest BCUT2D eigenvalue weighted by Crippen LogP contribution is 2.07. The molecule has 1 rings (SSSR count). The molecule has 0 aromatic heterocycles. The normalized spacial score (nSPS) is 13.4. The van der Waals surface area contributed by atoms with Crippen molar-refractivity contribution in [1.82, 2.24) is 5.32 Å². The minimum atomic E-state index is -0.163. The minimum absolute atomic E-state index is 0.0124. The van der Waals surface area contributed by atoms with Crippen LogP contribution in [0.1, 0.15) is 36.7 Å². The second-order valence-electron chi connectivity index (χ2n) is 4.57. The van der Waals surface area contributed by atoms with Gasteiger partial charge in [-0.25, -0.2) is 0 Å². The second-order valence-corrected chi connectivity index (χ2v) is 4.57. The predicted octanol–water partition coefficient (Wildman–Crippen LogP) is 1.56. The molecule has 1 atom stereocenters. The SMILES string of the molecule is CC(C)C(C)NC(=O)c1cccc(/C(N)=N/O)c1. The van der Waals surface area contributed by atoms with Gasteiger partial charge in [0.25, 0.3) is 5.91 Å². The van der Waals surface area contributed by atoms with Crippen LogP contribution in [0.2, 0.25) is 0 Å². The molecule has 1 amide bonds. The maximum atomic E-state index is 12.0. The van der Waals surface area contributed by atoms with Crippen LogP contribution in [0.3, 0.4) is 0 Å². The molecule has 1 aromatic rings. The largest absolute Gasteiger partial charge is 0.409 e. The van der Waals surface area contributed by atoms with Crippen molar-refractivity contribution < 1.29 is 10.0 Å². The Labute approximate surface area is 107 Å². The van der Waals surface area contributed by atoms with Crippen molar-refractivity contribution in [3.05, 3.63) is 35.4 Å². The Morgan fingerprint density at radius 2 is 1.94 bits per heavy atom. The summed E-state index contributed by atoms with van der Waals surface area (Å²) < 4.78 is 0. The Morgan fingerprint density at radius 3 is 2.50 bits per heavy atom. The number of nitrogens with two attached hydrogens (primary N) is 1. The van der Waals surface area contributed by atoms with Gasteiger partial charge in [0.2, 0.25) is 0 Å². The van der Waals surface area contributed by atoms with Crippen molar-refractivity contribution in [1.29, 1.82) is 0 Å². The standard InChI is InChI=1S/C13H19N3O2/c1-8(2)9(3)15-13(17)11-6-4-5-10(7-11)12(14)16-18/h4-9,18H,1-3H3,(H2,14,16)(H,15,17). The zero-order valence-corrected chi connectivity index (χ0v) is 10.8. The van der Waals surface area contributed by atoms with Crippen LogP contribution in [0.5, 0.6) is 0 Å². The number of hydrogen-bond acceptors (Lipinski definition) is 3. The summed E-state index contributed by atoms with van der Waals surface area (Å²) in [5.74, 6) is 0.187. The molecule has 0 saturated heterocycles. The molecule has 0 saturated carbocycles. The minimum Gasteiger partial charge on any atom is -0.409 e. The molecule has 1 unspecified atom stereocenters. The first-order chi connectivity index (χ1) is 8.45. The average Bonchev–Trinajstić information content (AvgIpc) is 2.37. The van der Waals surface area contributed by atoms with Crippen LogP contribution in [-0.2, 0) is 0 Å². The van der Waals surface area contributed by atoms with Crippen molar-refractivity contribution in [3.63, 3.8) is 0 Å². The number of nitrogens with one attached hydrogen (secondary N) is 1. The van der Waals surface area contributed by atoms with Crippen LogP contribution in [-0.4, -0.2) is 23.0 Å². The lowest BCUT2D eigenvalue weighted by Crippen LogP contribution is -2.36. The van der Waals surface area contributed by atoms with Gasteiger partial charge in [0.1, 0.15) is 0 Å². The number of oxime groups is 1. The molecule has 18 heavy (non-hydrogen) atoms. The van der Waals surface area contributed by atoms with E-state index in [1.165, 1.54) is 0 Å². The Hall–Kier alpha value is -2.04. The number of hydrogen-bond donors (Lipinski definition) is 3. The van der Waals surface area contributed by atoms with E-state index in [0.717, 1.165) is 0 Å². The summed E-state index contributed by atoms with van der Waals surface area (Å²) in [5.41, 5.74) is 6.49. The Bertz CT molecular complexity index is 455. The number of carbonyl (C=O) groups is 1. The number of amidine groups is 1. The van der Waals surface area contributed by atoms with Crippen molar-refractivity contribution >= 4 is 11.7 Å². The lowest BCUT2D eigenvalue weighted by atomic mass is 10.1. The Morgan fingerprint density at radius 1 is 1.33 bits per heavy atom. The highest BCUT2D eigenvalue weighted by atomic mass is 16.4. The number of benzene rings is 1. The van der Waals surface area contributed by atoms with Gasteiger partial charge >= 0.3 is 0 Å². The van der Waals surface area contributed by atoms with Crippen LogP contribution in [0.25, 0.3) is 0 Å². The smallest absolute Gasteiger partial charge is 0.251 e. The topological polar surface area (TPSA) is 87.7 Å². The molecular weight excluding hydrogens is 230 g/mol. The van der Waals surface area contributed by atoms with Gasteiger partial charge in [-0.1, -0.05) is 31.1 Å². The molecule has 0 heterocycles. The molecule has 4 N–H and O–H groups in total. The summed E-state index contributed by atoms with van der Waals surface area (Å²) >= 11 is 0. The third-order valence-electron chi connectivity index (χ3n) is 2.89. The molecule has 5 nitrogen and oxygen atoms in total. The first-order valence-electron chi connectivity index (χ1n) is 5.84. The first-order valence-corrected chi connectivity index (χ1v) is 5.84. The van der Waals surface area contributed by atoms with Crippen LogP contribution in [0.4, 0.5) is 0 Å². The molecule has 0 aliphatic carbocycles. The van der Waals surface area contributed by atoms with Crippen molar-refractivity contribution in [2.24, 2.45) is 16.8 Å². The van der Waals surface area contributed by atoms with Gasteiger partial charge in [-0.05, 0) is 25.0 Å². The molecule has 0 spiro atoms. The van der Waals surface area contributed by atoms with Gasteiger partial charge in [0, 0.05) is 17.2 Å². The second kappa shape index (κ2) is 6.05. The summed E-state index contributed by atoms with van der Waals surface area (Å²) in [6.45, 7) is 6.03. The maximum absolute atomic E-state index is 12.0. The van der Waals surface area contributed by atoms with Gasteiger partial charge in [-0.2, -0.15) is 0 Å². The third kappa shape index (κ3) is 3.48. The summed E-state index contributed by atoms with van der Waals surface area (Å²) in [7, 11) is 0. The lowest BCUT2D eigenvalue weighted by molar-refractivity contribution is 0.0930. The molecule has 0 radical (unpaired) electrons. The van der Waals surface area contributed by atoms with E-state index >= 15 is 0 Å². The highest BCUT2D eigenvalue weighted by Gasteiger charge is 2.13. The van der Waals surface area contributed by atoms with E-state index in [1.807, 2.05) is 20.8 Å². The molecular formula is C13H19N3O2. The van der Waals surface area contributed by atoms with Crippen molar-refractivity contribution in [2.45, 2.75) is 26.8 Å². The Balaban J connectivity index is 2.87. The van der Waals surface area contributed by atoms with Gasteiger partial charge in [-0.3, -0.25) is 4.79 Å². The van der Waals surface area contributed by atoms with Crippen molar-refractivity contribution in [3.8, 4) is 0 Å². The van der Waals surface area contributed by atoms with E-state index in [2.05, 4.69) is 10.5 Å². The fourth-order valence-corrected chi connectivity index (χ4v) is 1.33. The van der Waals surface area contributed by atoms with Crippen LogP contribution in [0, 0.1) is 5.92 Å². The number of rotatable bonds is 4. The lowest BCUT2D eigenvalue weighted by Gasteiger charge is -2.17. The highest BCUT2D eigenvalue weighted by molar-refractivity contribution is 6.01. The summed E-state index contributed by atoms with van der Waals surface area (Å²) in [5, 5.41) is 14.4. The van der Waals surface area contributed by atoms with Gasteiger partial charge in [0.05, 0.1) is 0 Å². The van der Waals surface area contributed by atoms with E-state index in [0.29, 0.717) is 17.0 Å².